The Balaban J connectivity index is 1.60. The molecule has 2 heterocycles. The van der Waals surface area contributed by atoms with Crippen LogP contribution in [0.2, 0.25) is 0 Å². The van der Waals surface area contributed by atoms with Gasteiger partial charge in [-0.1, -0.05) is 23.8 Å². The van der Waals surface area contributed by atoms with Crippen LogP contribution in [0.5, 0.6) is 0 Å². The fraction of sp³-hybridized carbons (Fsp3) is 0.611. The van der Waals surface area contributed by atoms with Gasteiger partial charge in [0.1, 0.15) is 36.6 Å². The number of amides is 1. The maximum atomic E-state index is 11.7. The van der Waals surface area contributed by atoms with Crippen molar-refractivity contribution in [1.29, 1.82) is 0 Å². The lowest BCUT2D eigenvalue weighted by Crippen LogP contribution is -2.60. The third-order valence-corrected chi connectivity index (χ3v) is 6.22. The first kappa shape index (κ1) is 23.7. The zero-order chi connectivity index (χ0) is 21.1. The molecular formula is C18H26N2O7S2. The van der Waals surface area contributed by atoms with Crippen LogP contribution >= 0.6 is 21.6 Å². The van der Waals surface area contributed by atoms with Crippen molar-refractivity contribution in [3.8, 4) is 0 Å². The summed E-state index contributed by atoms with van der Waals surface area (Å²) in [4.78, 5) is 27.5. The van der Waals surface area contributed by atoms with E-state index in [4.69, 9.17) is 14.2 Å². The molecule has 1 aromatic heterocycles. The third-order valence-electron chi connectivity index (χ3n) is 3.99. The molecule has 1 fully saturated rings. The van der Waals surface area contributed by atoms with Crippen LogP contribution in [0, 0.1) is 0 Å². The average Bonchev–Trinajstić information content (AvgIpc) is 2.71. The van der Waals surface area contributed by atoms with E-state index in [1.165, 1.54) is 21.6 Å². The van der Waals surface area contributed by atoms with Gasteiger partial charge >= 0.3 is 6.16 Å². The van der Waals surface area contributed by atoms with E-state index in [1.54, 1.807) is 6.20 Å². The molecule has 3 N–H and O–H groups in total. The molecule has 11 heteroatoms. The van der Waals surface area contributed by atoms with Gasteiger partial charge in [-0.15, -0.1) is 0 Å². The molecule has 1 aromatic rings. The van der Waals surface area contributed by atoms with E-state index in [1.807, 2.05) is 25.1 Å². The topological polar surface area (TPSA) is 127 Å². The monoisotopic (exact) mass is 446 g/mol. The van der Waals surface area contributed by atoms with E-state index in [0.29, 0.717) is 18.6 Å². The number of rotatable bonds is 10. The second-order valence-electron chi connectivity index (χ2n) is 6.26. The second kappa shape index (κ2) is 12.9. The van der Waals surface area contributed by atoms with Crippen molar-refractivity contribution in [3.05, 3.63) is 24.4 Å². The smallest absolute Gasteiger partial charge is 0.433 e. The molecule has 9 nitrogen and oxygen atoms in total. The van der Waals surface area contributed by atoms with Crippen LogP contribution in [0.3, 0.4) is 0 Å². The van der Waals surface area contributed by atoms with Crippen molar-refractivity contribution in [2.75, 3.05) is 25.6 Å². The van der Waals surface area contributed by atoms with Crippen LogP contribution in [-0.4, -0.2) is 77.2 Å². The van der Waals surface area contributed by atoms with Gasteiger partial charge in [-0.2, -0.15) is 0 Å². The van der Waals surface area contributed by atoms with Gasteiger partial charge in [0.25, 0.3) is 0 Å². The highest BCUT2D eigenvalue weighted by molar-refractivity contribution is 8.76. The quantitative estimate of drug-likeness (QED) is 0.275. The molecule has 4 atom stereocenters. The molecule has 162 valence electrons. The number of nitrogens with zero attached hydrogens (tertiary/aromatic N) is 1. The summed E-state index contributed by atoms with van der Waals surface area (Å²) in [6.07, 6.45) is -1.57. The first-order valence-electron chi connectivity index (χ1n) is 9.28. The van der Waals surface area contributed by atoms with Crippen molar-refractivity contribution in [3.63, 3.8) is 0 Å². The fourth-order valence-electron chi connectivity index (χ4n) is 2.51. The number of aliphatic hydroxyl groups is 2. The van der Waals surface area contributed by atoms with Gasteiger partial charge in [0.2, 0.25) is 5.91 Å². The summed E-state index contributed by atoms with van der Waals surface area (Å²) in [5.74, 6) is 0.334. The van der Waals surface area contributed by atoms with E-state index in [2.05, 4.69) is 10.3 Å². The molecule has 0 bridgehead atoms. The number of nitrogens with one attached hydrogen (secondary N) is 1. The lowest BCUT2D eigenvalue weighted by Gasteiger charge is -2.37. The molecular weight excluding hydrogens is 420 g/mol. The summed E-state index contributed by atoms with van der Waals surface area (Å²) in [5.41, 5.74) is 0. The molecule has 1 amide bonds. The van der Waals surface area contributed by atoms with Crippen molar-refractivity contribution in [1.82, 2.24) is 10.3 Å². The highest BCUT2D eigenvalue weighted by atomic mass is 33.1. The second-order valence-corrected chi connectivity index (χ2v) is 8.70. The Kier molecular flexibility index (Phi) is 10.6. The van der Waals surface area contributed by atoms with Gasteiger partial charge in [0.15, 0.2) is 0 Å². The summed E-state index contributed by atoms with van der Waals surface area (Å²) in [5, 5.41) is 23.8. The molecule has 0 saturated carbocycles. The van der Waals surface area contributed by atoms with E-state index in [0.717, 1.165) is 5.03 Å². The van der Waals surface area contributed by atoms with Crippen molar-refractivity contribution >= 4 is 33.7 Å². The predicted octanol–water partition coefficient (Wildman–Crippen LogP) is 1.38. The molecule has 0 unspecified atom stereocenters. The number of hydrogen-bond acceptors (Lipinski definition) is 10. The molecule has 1 aliphatic rings. The molecule has 2 rings (SSSR count). The van der Waals surface area contributed by atoms with Gasteiger partial charge < -0.3 is 29.7 Å². The highest BCUT2D eigenvalue weighted by Crippen LogP contribution is 2.28. The number of carbonyl (C=O) groups is 2. The van der Waals surface area contributed by atoms with Gasteiger partial charge in [-0.25, -0.2) is 9.78 Å². The summed E-state index contributed by atoms with van der Waals surface area (Å²) >= 11 is 0. The molecule has 1 saturated heterocycles. The minimum Gasteiger partial charge on any atom is -0.433 e. The van der Waals surface area contributed by atoms with E-state index >= 15 is 0 Å². The Hall–Kier alpha value is -1.53. The van der Waals surface area contributed by atoms with Crippen LogP contribution in [0.1, 0.15) is 19.8 Å². The largest absolute Gasteiger partial charge is 0.508 e. The zero-order valence-electron chi connectivity index (χ0n) is 16.1. The number of aliphatic hydroxyl groups excluding tert-OH is 2. The van der Waals surface area contributed by atoms with Crippen molar-refractivity contribution in [2.45, 2.75) is 49.1 Å². The van der Waals surface area contributed by atoms with E-state index in [-0.39, 0.29) is 25.7 Å². The highest BCUT2D eigenvalue weighted by Gasteiger charge is 2.39. The van der Waals surface area contributed by atoms with E-state index < -0.39 is 30.5 Å². The fourth-order valence-corrected chi connectivity index (χ4v) is 4.22. The standard InChI is InChI=1S/C18H26N2O7S2/c1-2-5-14(21)20-12-10-26-13(17(23)16(12)22)11-27-18(24)25-8-9-28-29-15-6-3-4-7-19-15/h3-4,6-7,12-13,16-17,22-23H,2,5,8-11H2,1H3,(H,20,21)/t12-,13+,16+,17+/m0/s1. The zero-order valence-corrected chi connectivity index (χ0v) is 17.7. The van der Waals surface area contributed by atoms with Crippen LogP contribution < -0.4 is 5.32 Å². The van der Waals surface area contributed by atoms with Crippen LogP contribution in [0.15, 0.2) is 29.4 Å². The Morgan fingerprint density at radius 2 is 2.14 bits per heavy atom. The predicted molar refractivity (Wildman–Crippen MR) is 108 cm³/mol. The maximum absolute atomic E-state index is 11.7. The number of carbonyl (C=O) groups excluding carboxylic acids is 2. The van der Waals surface area contributed by atoms with Gasteiger partial charge in [0.05, 0.1) is 12.6 Å². The van der Waals surface area contributed by atoms with Gasteiger partial charge in [0, 0.05) is 18.4 Å². The van der Waals surface area contributed by atoms with Gasteiger partial charge in [-0.3, -0.25) is 4.79 Å². The average molecular weight is 447 g/mol. The summed E-state index contributed by atoms with van der Waals surface area (Å²) < 4.78 is 15.3. The molecule has 0 radical (unpaired) electrons. The van der Waals surface area contributed by atoms with Crippen molar-refractivity contribution in [2.24, 2.45) is 0 Å². The summed E-state index contributed by atoms with van der Waals surface area (Å²) in [7, 11) is 2.97. The third kappa shape index (κ3) is 8.39. The van der Waals surface area contributed by atoms with Crippen molar-refractivity contribution < 1.29 is 34.0 Å². The Morgan fingerprint density at radius 1 is 1.31 bits per heavy atom. The van der Waals surface area contributed by atoms with E-state index in [9.17, 15) is 19.8 Å². The normalized spacial score (nSPS) is 24.0. The number of hydrogen-bond donors (Lipinski definition) is 3. The maximum Gasteiger partial charge on any atom is 0.508 e. The first-order chi connectivity index (χ1) is 14.0. The number of aromatic nitrogens is 1. The van der Waals surface area contributed by atoms with Crippen LogP contribution in [0.4, 0.5) is 4.79 Å². The molecule has 0 aliphatic carbocycles. The lowest BCUT2D eigenvalue weighted by atomic mass is 9.98. The minimum atomic E-state index is -1.30. The molecule has 29 heavy (non-hydrogen) atoms. The Bertz CT molecular complexity index is 638. The molecule has 1 aliphatic heterocycles. The molecule has 0 aromatic carbocycles. The summed E-state index contributed by atoms with van der Waals surface area (Å²) in [6, 6.07) is 4.91. The number of pyridine rings is 1. The van der Waals surface area contributed by atoms with Gasteiger partial charge in [-0.05, 0) is 29.3 Å². The minimum absolute atomic E-state index is 0.0120. The SMILES string of the molecule is CCCC(=O)N[C@H]1CO[C@H](COC(=O)OCCSSc2ccccn2)[C@@H](O)[C@@H]1O. The van der Waals surface area contributed by atoms with Crippen LogP contribution in [0.25, 0.3) is 0 Å². The number of ether oxygens (including phenoxy) is 3. The Morgan fingerprint density at radius 3 is 2.86 bits per heavy atom. The molecule has 0 spiro atoms. The van der Waals surface area contributed by atoms with Crippen LogP contribution in [-0.2, 0) is 19.0 Å². The summed E-state index contributed by atoms with van der Waals surface area (Å²) in [6.45, 7) is 1.78. The lowest BCUT2D eigenvalue weighted by molar-refractivity contribution is -0.166. The first-order valence-corrected chi connectivity index (χ1v) is 11.6. The Labute approximate surface area is 177 Å².